The normalized spacial score (nSPS) is 15.1. The molecule has 78 valence electrons. The van der Waals surface area contributed by atoms with Crippen LogP contribution in [0.3, 0.4) is 0 Å². The lowest BCUT2D eigenvalue weighted by Gasteiger charge is -2.22. The van der Waals surface area contributed by atoms with Gasteiger partial charge in [-0.25, -0.2) is 4.39 Å². The highest BCUT2D eigenvalue weighted by Gasteiger charge is 2.21. The van der Waals surface area contributed by atoms with Crippen LogP contribution in [0.2, 0.25) is 0 Å². The maximum Gasteiger partial charge on any atom is 0.126 e. The van der Waals surface area contributed by atoms with E-state index in [1.165, 1.54) is 6.07 Å². The fraction of sp³-hybridized carbons (Fsp3) is 0.455. The Morgan fingerprint density at radius 3 is 2.64 bits per heavy atom. The van der Waals surface area contributed by atoms with Gasteiger partial charge in [0.2, 0.25) is 0 Å². The van der Waals surface area contributed by atoms with Gasteiger partial charge in [-0.2, -0.15) is 0 Å². The zero-order chi connectivity index (χ0) is 10.6. The quantitative estimate of drug-likeness (QED) is 0.767. The third-order valence-electron chi connectivity index (χ3n) is 2.21. The first-order valence-corrected chi connectivity index (χ1v) is 4.71. The molecule has 0 spiro atoms. The zero-order valence-corrected chi connectivity index (χ0v) is 8.33. The third-order valence-corrected chi connectivity index (χ3v) is 2.21. The Balaban J connectivity index is 2.73. The SMILES string of the molecule is CC(O)(CCN)Cc1ccccc1F. The van der Waals surface area contributed by atoms with Gasteiger partial charge in [0.05, 0.1) is 5.60 Å². The van der Waals surface area contributed by atoms with E-state index in [9.17, 15) is 9.50 Å². The lowest BCUT2D eigenvalue weighted by atomic mass is 9.93. The average Bonchev–Trinajstić information content (AvgIpc) is 2.08. The van der Waals surface area contributed by atoms with Crippen LogP contribution in [0.4, 0.5) is 4.39 Å². The molecule has 0 aliphatic carbocycles. The van der Waals surface area contributed by atoms with E-state index < -0.39 is 5.60 Å². The molecule has 1 aromatic carbocycles. The van der Waals surface area contributed by atoms with E-state index in [-0.39, 0.29) is 5.82 Å². The maximum absolute atomic E-state index is 13.2. The van der Waals surface area contributed by atoms with E-state index in [0.717, 1.165) is 0 Å². The zero-order valence-electron chi connectivity index (χ0n) is 8.33. The van der Waals surface area contributed by atoms with Gasteiger partial charge >= 0.3 is 0 Å². The number of rotatable bonds is 4. The molecule has 1 rings (SSSR count). The predicted molar refractivity (Wildman–Crippen MR) is 54.4 cm³/mol. The molecule has 14 heavy (non-hydrogen) atoms. The van der Waals surface area contributed by atoms with Crippen molar-refractivity contribution >= 4 is 0 Å². The van der Waals surface area contributed by atoms with Crippen LogP contribution in [0.1, 0.15) is 18.9 Å². The smallest absolute Gasteiger partial charge is 0.126 e. The highest BCUT2D eigenvalue weighted by molar-refractivity contribution is 5.19. The molecule has 1 atom stereocenters. The summed E-state index contributed by atoms with van der Waals surface area (Å²) >= 11 is 0. The van der Waals surface area contributed by atoms with Gasteiger partial charge in [0, 0.05) is 6.42 Å². The first-order chi connectivity index (χ1) is 6.55. The average molecular weight is 197 g/mol. The Kier molecular flexibility index (Phi) is 3.61. The van der Waals surface area contributed by atoms with Gasteiger partial charge in [-0.1, -0.05) is 18.2 Å². The minimum Gasteiger partial charge on any atom is -0.390 e. The van der Waals surface area contributed by atoms with E-state index >= 15 is 0 Å². The van der Waals surface area contributed by atoms with Crippen LogP contribution in [-0.2, 0) is 6.42 Å². The highest BCUT2D eigenvalue weighted by atomic mass is 19.1. The molecule has 1 aromatic rings. The lowest BCUT2D eigenvalue weighted by molar-refractivity contribution is 0.0530. The van der Waals surface area contributed by atoms with Crippen LogP contribution in [-0.4, -0.2) is 17.3 Å². The van der Waals surface area contributed by atoms with Crippen LogP contribution < -0.4 is 5.73 Å². The number of aliphatic hydroxyl groups is 1. The summed E-state index contributed by atoms with van der Waals surface area (Å²) in [7, 11) is 0. The van der Waals surface area contributed by atoms with Crippen molar-refractivity contribution in [3.05, 3.63) is 35.6 Å². The molecule has 3 heteroatoms. The van der Waals surface area contributed by atoms with Crippen molar-refractivity contribution in [2.75, 3.05) is 6.54 Å². The second-order valence-corrected chi connectivity index (χ2v) is 3.80. The molecule has 0 fully saturated rings. The Labute approximate surface area is 83.6 Å². The molecule has 0 aromatic heterocycles. The summed E-state index contributed by atoms with van der Waals surface area (Å²) in [6.07, 6.45) is 0.776. The van der Waals surface area contributed by atoms with Crippen molar-refractivity contribution in [3.63, 3.8) is 0 Å². The molecule has 0 aliphatic rings. The van der Waals surface area contributed by atoms with Gasteiger partial charge in [-0.3, -0.25) is 0 Å². The fourth-order valence-electron chi connectivity index (χ4n) is 1.45. The molecule has 0 aliphatic heterocycles. The van der Waals surface area contributed by atoms with Crippen LogP contribution in [0.5, 0.6) is 0 Å². The van der Waals surface area contributed by atoms with Crippen molar-refractivity contribution < 1.29 is 9.50 Å². The standard InChI is InChI=1S/C11H16FNO/c1-11(14,6-7-13)8-9-4-2-3-5-10(9)12/h2-5,14H,6-8,13H2,1H3. The topological polar surface area (TPSA) is 46.2 Å². The molecule has 2 nitrogen and oxygen atoms in total. The molecule has 0 saturated carbocycles. The molecule has 0 heterocycles. The fourth-order valence-corrected chi connectivity index (χ4v) is 1.45. The number of benzene rings is 1. The van der Waals surface area contributed by atoms with E-state index in [0.29, 0.717) is 24.9 Å². The maximum atomic E-state index is 13.2. The molecule has 0 radical (unpaired) electrons. The van der Waals surface area contributed by atoms with Crippen molar-refractivity contribution in [2.45, 2.75) is 25.4 Å². The van der Waals surface area contributed by atoms with E-state index in [2.05, 4.69) is 0 Å². The summed E-state index contributed by atoms with van der Waals surface area (Å²) in [4.78, 5) is 0. The molecule has 1 unspecified atom stereocenters. The Morgan fingerprint density at radius 1 is 1.43 bits per heavy atom. The second kappa shape index (κ2) is 4.53. The Bertz CT molecular complexity index is 299. The lowest BCUT2D eigenvalue weighted by Crippen LogP contribution is -2.30. The molecule has 0 amide bonds. The largest absolute Gasteiger partial charge is 0.390 e. The van der Waals surface area contributed by atoms with E-state index in [1.54, 1.807) is 25.1 Å². The first-order valence-electron chi connectivity index (χ1n) is 4.71. The summed E-state index contributed by atoms with van der Waals surface area (Å²) in [5.41, 5.74) is 4.97. The monoisotopic (exact) mass is 197 g/mol. The van der Waals surface area contributed by atoms with Crippen LogP contribution >= 0.6 is 0 Å². The number of halogens is 1. The summed E-state index contributed by atoms with van der Waals surface area (Å²) in [6, 6.07) is 6.47. The second-order valence-electron chi connectivity index (χ2n) is 3.80. The number of hydrogen-bond donors (Lipinski definition) is 2. The first kappa shape index (κ1) is 11.1. The van der Waals surface area contributed by atoms with Gasteiger partial charge in [-0.15, -0.1) is 0 Å². The minimum atomic E-state index is -0.920. The van der Waals surface area contributed by atoms with Crippen molar-refractivity contribution in [2.24, 2.45) is 5.73 Å². The van der Waals surface area contributed by atoms with Gasteiger partial charge < -0.3 is 10.8 Å². The number of nitrogens with two attached hydrogens (primary N) is 1. The molecular weight excluding hydrogens is 181 g/mol. The van der Waals surface area contributed by atoms with Crippen LogP contribution in [0.15, 0.2) is 24.3 Å². The van der Waals surface area contributed by atoms with Crippen molar-refractivity contribution in [1.82, 2.24) is 0 Å². The van der Waals surface area contributed by atoms with Gasteiger partial charge in [0.25, 0.3) is 0 Å². The summed E-state index contributed by atoms with van der Waals surface area (Å²) in [5.74, 6) is -0.273. The van der Waals surface area contributed by atoms with E-state index in [1.807, 2.05) is 0 Å². The predicted octanol–water partition coefficient (Wildman–Crippen LogP) is 1.47. The van der Waals surface area contributed by atoms with Gasteiger partial charge in [0.1, 0.15) is 5.82 Å². The molecule has 0 bridgehead atoms. The van der Waals surface area contributed by atoms with Crippen LogP contribution in [0, 0.1) is 5.82 Å². The molecular formula is C11H16FNO. The number of hydrogen-bond acceptors (Lipinski definition) is 2. The summed E-state index contributed by atoms with van der Waals surface area (Å²) in [5, 5.41) is 9.85. The highest BCUT2D eigenvalue weighted by Crippen LogP contribution is 2.18. The van der Waals surface area contributed by atoms with E-state index in [4.69, 9.17) is 5.73 Å². The van der Waals surface area contributed by atoms with Gasteiger partial charge in [0.15, 0.2) is 0 Å². The van der Waals surface area contributed by atoms with Crippen molar-refractivity contribution in [1.29, 1.82) is 0 Å². The molecule has 0 saturated heterocycles. The Morgan fingerprint density at radius 2 is 2.07 bits per heavy atom. The third kappa shape index (κ3) is 3.09. The minimum absolute atomic E-state index is 0.273. The molecule has 3 N–H and O–H groups in total. The van der Waals surface area contributed by atoms with Gasteiger partial charge in [-0.05, 0) is 31.5 Å². The Hall–Kier alpha value is -0.930. The summed E-state index contributed by atoms with van der Waals surface area (Å²) in [6.45, 7) is 2.08. The van der Waals surface area contributed by atoms with Crippen molar-refractivity contribution in [3.8, 4) is 0 Å². The van der Waals surface area contributed by atoms with Crippen LogP contribution in [0.25, 0.3) is 0 Å². The summed E-state index contributed by atoms with van der Waals surface area (Å²) < 4.78 is 13.2.